The van der Waals surface area contributed by atoms with Crippen LogP contribution in [0.3, 0.4) is 0 Å². The van der Waals surface area contributed by atoms with Crippen molar-refractivity contribution in [2.45, 2.75) is 13.5 Å². The van der Waals surface area contributed by atoms with Crippen LogP contribution in [0.1, 0.15) is 11.4 Å². The molecule has 3 aromatic rings. The molecule has 0 atom stereocenters. The molecular formula is C20H20N4O4. The highest BCUT2D eigenvalue weighted by Gasteiger charge is 2.17. The highest BCUT2D eigenvalue weighted by atomic mass is 16.6. The van der Waals surface area contributed by atoms with Crippen molar-refractivity contribution in [3.63, 3.8) is 0 Å². The average Bonchev–Trinajstić information content (AvgIpc) is 3.01. The van der Waals surface area contributed by atoms with E-state index in [4.69, 9.17) is 14.2 Å². The van der Waals surface area contributed by atoms with Crippen LogP contribution < -0.4 is 19.6 Å². The Morgan fingerprint density at radius 1 is 1.25 bits per heavy atom. The predicted octanol–water partition coefficient (Wildman–Crippen LogP) is 2.27. The second kappa shape index (κ2) is 7.59. The van der Waals surface area contributed by atoms with E-state index in [-0.39, 0.29) is 12.5 Å². The molecule has 1 aliphatic heterocycles. The third kappa shape index (κ3) is 3.62. The monoisotopic (exact) mass is 380 g/mol. The SMILES string of the molecule is COc1ccc(C=NNC(=O)Cn2c(C)nc3cc4c(cc32)OCCO4)cc1. The number of hydrogen-bond donors (Lipinski definition) is 1. The summed E-state index contributed by atoms with van der Waals surface area (Å²) in [7, 11) is 1.61. The second-order valence-corrected chi connectivity index (χ2v) is 6.30. The van der Waals surface area contributed by atoms with Gasteiger partial charge < -0.3 is 18.8 Å². The molecule has 0 aliphatic carbocycles. The molecule has 4 rings (SSSR count). The molecule has 28 heavy (non-hydrogen) atoms. The van der Waals surface area contributed by atoms with Crippen LogP contribution in [0.5, 0.6) is 17.2 Å². The number of benzene rings is 2. The number of fused-ring (bicyclic) bond motifs is 2. The molecule has 0 spiro atoms. The number of hydrogen-bond acceptors (Lipinski definition) is 6. The van der Waals surface area contributed by atoms with Crippen molar-refractivity contribution in [1.29, 1.82) is 0 Å². The van der Waals surface area contributed by atoms with Gasteiger partial charge in [-0.1, -0.05) is 0 Å². The molecule has 0 radical (unpaired) electrons. The molecule has 0 bridgehead atoms. The summed E-state index contributed by atoms with van der Waals surface area (Å²) in [6.07, 6.45) is 1.58. The minimum absolute atomic E-state index is 0.0991. The number of nitrogens with zero attached hydrogens (tertiary/aromatic N) is 3. The van der Waals surface area contributed by atoms with Gasteiger partial charge in [-0.3, -0.25) is 4.79 Å². The standard InChI is InChI=1S/C20H20N4O4/c1-13-22-16-9-18-19(28-8-7-27-18)10-17(16)24(13)12-20(25)23-21-11-14-3-5-15(26-2)6-4-14/h3-6,9-11H,7-8,12H2,1-2H3,(H,23,25). The van der Waals surface area contributed by atoms with Gasteiger partial charge in [-0.25, -0.2) is 10.4 Å². The molecule has 0 fully saturated rings. The van der Waals surface area contributed by atoms with E-state index in [2.05, 4.69) is 15.5 Å². The number of aryl methyl sites for hydroxylation is 1. The molecule has 1 aliphatic rings. The minimum Gasteiger partial charge on any atom is -0.497 e. The van der Waals surface area contributed by atoms with Crippen molar-refractivity contribution in [3.8, 4) is 17.2 Å². The number of methoxy groups -OCH3 is 1. The van der Waals surface area contributed by atoms with Gasteiger partial charge in [0.1, 0.15) is 31.3 Å². The maximum atomic E-state index is 12.3. The Kier molecular flexibility index (Phi) is 4.84. The topological polar surface area (TPSA) is 87.0 Å². The first-order chi connectivity index (χ1) is 13.6. The number of ether oxygens (including phenoxy) is 3. The quantitative estimate of drug-likeness (QED) is 0.542. The third-order valence-corrected chi connectivity index (χ3v) is 4.42. The van der Waals surface area contributed by atoms with Crippen LogP contribution in [-0.2, 0) is 11.3 Å². The van der Waals surface area contributed by atoms with Crippen LogP contribution in [0.4, 0.5) is 0 Å². The lowest BCUT2D eigenvalue weighted by Gasteiger charge is -2.18. The average molecular weight is 380 g/mol. The van der Waals surface area contributed by atoms with Crippen molar-refractivity contribution in [2.75, 3.05) is 20.3 Å². The van der Waals surface area contributed by atoms with Gasteiger partial charge in [0.05, 0.1) is 24.4 Å². The van der Waals surface area contributed by atoms with Crippen LogP contribution >= 0.6 is 0 Å². The first-order valence-corrected chi connectivity index (χ1v) is 8.86. The minimum atomic E-state index is -0.248. The van der Waals surface area contributed by atoms with Gasteiger partial charge in [0, 0.05) is 12.1 Å². The Balaban J connectivity index is 1.47. The van der Waals surface area contributed by atoms with Crippen molar-refractivity contribution in [3.05, 3.63) is 47.8 Å². The highest BCUT2D eigenvalue weighted by molar-refractivity contribution is 5.85. The molecule has 1 N–H and O–H groups in total. The van der Waals surface area contributed by atoms with Gasteiger partial charge in [0.25, 0.3) is 5.91 Å². The summed E-state index contributed by atoms with van der Waals surface area (Å²) in [6.45, 7) is 2.98. The Morgan fingerprint density at radius 3 is 2.68 bits per heavy atom. The van der Waals surface area contributed by atoms with Crippen LogP contribution in [-0.4, -0.2) is 42.0 Å². The lowest BCUT2D eigenvalue weighted by molar-refractivity contribution is -0.121. The molecule has 2 aromatic carbocycles. The van der Waals surface area contributed by atoms with Gasteiger partial charge in [0.2, 0.25) is 0 Å². The summed E-state index contributed by atoms with van der Waals surface area (Å²) < 4.78 is 18.2. The van der Waals surface area contributed by atoms with E-state index in [0.29, 0.717) is 24.7 Å². The third-order valence-electron chi connectivity index (χ3n) is 4.42. The zero-order chi connectivity index (χ0) is 19.5. The first kappa shape index (κ1) is 17.8. The zero-order valence-electron chi connectivity index (χ0n) is 15.6. The molecule has 144 valence electrons. The normalized spacial score (nSPS) is 13.1. The smallest absolute Gasteiger partial charge is 0.260 e. The fourth-order valence-corrected chi connectivity index (χ4v) is 3.03. The van der Waals surface area contributed by atoms with Gasteiger partial charge >= 0.3 is 0 Å². The molecule has 0 unspecified atom stereocenters. The van der Waals surface area contributed by atoms with E-state index >= 15 is 0 Å². The van der Waals surface area contributed by atoms with Crippen molar-refractivity contribution in [1.82, 2.24) is 15.0 Å². The maximum Gasteiger partial charge on any atom is 0.260 e. The van der Waals surface area contributed by atoms with E-state index in [0.717, 1.165) is 28.2 Å². The van der Waals surface area contributed by atoms with Crippen molar-refractivity contribution >= 4 is 23.2 Å². The summed E-state index contributed by atoms with van der Waals surface area (Å²) in [6, 6.07) is 11.1. The second-order valence-electron chi connectivity index (χ2n) is 6.30. The molecule has 0 saturated carbocycles. The number of carbonyl (C=O) groups excluding carboxylic acids is 1. The summed E-state index contributed by atoms with van der Waals surface area (Å²) in [4.78, 5) is 16.9. The number of rotatable bonds is 5. The Labute approximate surface area is 161 Å². The van der Waals surface area contributed by atoms with Gasteiger partial charge in [0.15, 0.2) is 11.5 Å². The number of imidazole rings is 1. The van der Waals surface area contributed by atoms with Gasteiger partial charge in [-0.05, 0) is 36.8 Å². The zero-order valence-corrected chi connectivity index (χ0v) is 15.6. The summed E-state index contributed by atoms with van der Waals surface area (Å²) in [5, 5.41) is 4.01. The Hall–Kier alpha value is -3.55. The van der Waals surface area contributed by atoms with E-state index in [1.807, 2.05) is 47.9 Å². The lowest BCUT2D eigenvalue weighted by Crippen LogP contribution is -2.23. The number of amides is 1. The lowest BCUT2D eigenvalue weighted by atomic mass is 10.2. The molecule has 2 heterocycles. The summed E-state index contributed by atoms with van der Waals surface area (Å²) in [5.74, 6) is 2.59. The van der Waals surface area contributed by atoms with E-state index < -0.39 is 0 Å². The van der Waals surface area contributed by atoms with E-state index in [1.54, 1.807) is 13.3 Å². The number of aromatic nitrogens is 2. The van der Waals surface area contributed by atoms with Crippen LogP contribution in [0, 0.1) is 6.92 Å². The molecule has 8 nitrogen and oxygen atoms in total. The summed E-state index contributed by atoms with van der Waals surface area (Å²) >= 11 is 0. The van der Waals surface area contributed by atoms with Crippen LogP contribution in [0.25, 0.3) is 11.0 Å². The fourth-order valence-electron chi connectivity index (χ4n) is 3.03. The largest absolute Gasteiger partial charge is 0.497 e. The molecule has 1 amide bonds. The van der Waals surface area contributed by atoms with Gasteiger partial charge in [-0.2, -0.15) is 5.10 Å². The van der Waals surface area contributed by atoms with Crippen LogP contribution in [0.2, 0.25) is 0 Å². The Morgan fingerprint density at radius 2 is 1.96 bits per heavy atom. The number of carbonyl (C=O) groups is 1. The highest BCUT2D eigenvalue weighted by Crippen LogP contribution is 2.34. The maximum absolute atomic E-state index is 12.3. The summed E-state index contributed by atoms with van der Waals surface area (Å²) in [5.41, 5.74) is 4.98. The number of hydrazone groups is 1. The van der Waals surface area contributed by atoms with E-state index in [9.17, 15) is 4.79 Å². The first-order valence-electron chi connectivity index (χ1n) is 8.86. The van der Waals surface area contributed by atoms with Crippen molar-refractivity contribution in [2.24, 2.45) is 5.10 Å². The van der Waals surface area contributed by atoms with Crippen LogP contribution in [0.15, 0.2) is 41.5 Å². The molecule has 1 aromatic heterocycles. The number of nitrogens with one attached hydrogen (secondary N) is 1. The fraction of sp³-hybridized carbons (Fsp3) is 0.250. The molecule has 8 heteroatoms. The van der Waals surface area contributed by atoms with Crippen molar-refractivity contribution < 1.29 is 19.0 Å². The van der Waals surface area contributed by atoms with Gasteiger partial charge in [-0.15, -0.1) is 0 Å². The molecular weight excluding hydrogens is 360 g/mol. The Bertz CT molecular complexity index is 1040. The van der Waals surface area contributed by atoms with E-state index in [1.165, 1.54) is 0 Å². The molecule has 0 saturated heterocycles. The predicted molar refractivity (Wildman–Crippen MR) is 104 cm³/mol.